The number of carbonyl (C=O) groups is 1. The van der Waals surface area contributed by atoms with E-state index < -0.39 is 0 Å². The van der Waals surface area contributed by atoms with Gasteiger partial charge in [-0.05, 0) is 17.7 Å². The Kier molecular flexibility index (Phi) is 4.25. The van der Waals surface area contributed by atoms with Gasteiger partial charge in [0.25, 0.3) is 5.91 Å². The monoisotopic (exact) mass is 293 g/mol. The van der Waals surface area contributed by atoms with Gasteiger partial charge in [-0.1, -0.05) is 42.5 Å². The number of fused-ring (bicyclic) bond motifs is 1. The van der Waals surface area contributed by atoms with E-state index in [1.807, 2.05) is 54.6 Å². The summed E-state index contributed by atoms with van der Waals surface area (Å²) in [6.45, 7) is 0.404. The minimum absolute atomic E-state index is 0.0756. The van der Waals surface area contributed by atoms with Crippen molar-refractivity contribution in [3.63, 3.8) is 0 Å². The minimum Gasteiger partial charge on any atom is -0.467 e. The summed E-state index contributed by atoms with van der Waals surface area (Å²) in [5.74, 6) is 0.229. The molecule has 0 saturated carbocycles. The fraction of sp³-hybridized carbons (Fsp3) is 0.118. The molecule has 1 amide bonds. The third-order valence-corrected chi connectivity index (χ3v) is 3.18. The Labute approximate surface area is 128 Å². The van der Waals surface area contributed by atoms with Gasteiger partial charge >= 0.3 is 0 Å². The largest absolute Gasteiger partial charge is 0.467 e. The van der Waals surface area contributed by atoms with Crippen molar-refractivity contribution in [3.05, 3.63) is 66.5 Å². The molecule has 0 fully saturated rings. The van der Waals surface area contributed by atoms with Crippen molar-refractivity contribution in [1.29, 1.82) is 0 Å². The van der Waals surface area contributed by atoms with Crippen LogP contribution in [0.3, 0.4) is 0 Å². The zero-order valence-corrected chi connectivity index (χ0v) is 11.9. The highest BCUT2D eigenvalue weighted by Gasteiger charge is 2.07. The summed E-state index contributed by atoms with van der Waals surface area (Å²) in [7, 11) is 0. The second-order valence-electron chi connectivity index (χ2n) is 4.75. The lowest BCUT2D eigenvalue weighted by Crippen LogP contribution is -2.28. The van der Waals surface area contributed by atoms with Gasteiger partial charge in [0.2, 0.25) is 5.88 Å². The Hall–Kier alpha value is -2.95. The summed E-state index contributed by atoms with van der Waals surface area (Å²) in [5.41, 5.74) is 1.83. The first kappa shape index (κ1) is 14.0. The highest BCUT2D eigenvalue weighted by molar-refractivity contribution is 5.83. The molecule has 0 saturated heterocycles. The van der Waals surface area contributed by atoms with Crippen LogP contribution in [0, 0.1) is 0 Å². The number of hydrogen-bond donors (Lipinski definition) is 1. The molecule has 0 radical (unpaired) electrons. The van der Waals surface area contributed by atoms with Crippen LogP contribution in [-0.4, -0.2) is 22.5 Å². The number of aromatic nitrogens is 2. The molecule has 1 N–H and O–H groups in total. The van der Waals surface area contributed by atoms with Crippen molar-refractivity contribution in [3.8, 4) is 5.88 Å². The molecule has 0 spiro atoms. The number of ether oxygens (including phenoxy) is 1. The van der Waals surface area contributed by atoms with Crippen LogP contribution in [0.15, 0.2) is 60.9 Å². The van der Waals surface area contributed by atoms with E-state index in [1.54, 1.807) is 0 Å². The lowest BCUT2D eigenvalue weighted by atomic mass is 10.2. The topological polar surface area (TPSA) is 64.1 Å². The molecule has 5 heteroatoms. The van der Waals surface area contributed by atoms with Gasteiger partial charge in [-0.2, -0.15) is 0 Å². The summed E-state index contributed by atoms with van der Waals surface area (Å²) in [4.78, 5) is 20.1. The maximum Gasteiger partial charge on any atom is 0.258 e. The molecular formula is C17H15N3O2. The molecule has 0 atom stereocenters. The van der Waals surface area contributed by atoms with Crippen LogP contribution >= 0.6 is 0 Å². The first-order valence-corrected chi connectivity index (χ1v) is 6.96. The van der Waals surface area contributed by atoms with Crippen LogP contribution < -0.4 is 10.1 Å². The lowest BCUT2D eigenvalue weighted by Gasteiger charge is -2.08. The molecule has 3 aromatic rings. The summed E-state index contributed by atoms with van der Waals surface area (Å²) < 4.78 is 5.51. The third kappa shape index (κ3) is 3.38. The van der Waals surface area contributed by atoms with Gasteiger partial charge in [-0.25, -0.2) is 9.97 Å². The van der Waals surface area contributed by atoms with E-state index in [0.29, 0.717) is 12.4 Å². The molecule has 110 valence electrons. The Morgan fingerprint density at radius 1 is 1.00 bits per heavy atom. The molecule has 22 heavy (non-hydrogen) atoms. The van der Waals surface area contributed by atoms with Gasteiger partial charge in [-0.3, -0.25) is 4.79 Å². The molecule has 3 rings (SSSR count). The number of rotatable bonds is 5. The van der Waals surface area contributed by atoms with E-state index in [9.17, 15) is 4.79 Å². The number of carbonyl (C=O) groups excluding carboxylic acids is 1. The smallest absolute Gasteiger partial charge is 0.258 e. The van der Waals surface area contributed by atoms with Gasteiger partial charge in [0.15, 0.2) is 6.61 Å². The fourth-order valence-corrected chi connectivity index (χ4v) is 2.08. The number of nitrogens with zero attached hydrogens (tertiary/aromatic N) is 2. The molecule has 1 heterocycles. The maximum absolute atomic E-state index is 11.8. The van der Waals surface area contributed by atoms with Crippen molar-refractivity contribution in [2.75, 3.05) is 6.61 Å². The molecular weight excluding hydrogens is 278 g/mol. The van der Waals surface area contributed by atoms with E-state index in [1.165, 1.54) is 6.33 Å². The van der Waals surface area contributed by atoms with Crippen LogP contribution in [0.4, 0.5) is 0 Å². The van der Waals surface area contributed by atoms with Crippen LogP contribution in [0.5, 0.6) is 5.88 Å². The number of benzene rings is 2. The van der Waals surface area contributed by atoms with E-state index in [2.05, 4.69) is 15.3 Å². The summed E-state index contributed by atoms with van der Waals surface area (Å²) >= 11 is 0. The third-order valence-electron chi connectivity index (χ3n) is 3.18. The molecule has 1 aromatic heterocycles. The minimum atomic E-state index is -0.188. The lowest BCUT2D eigenvalue weighted by molar-refractivity contribution is -0.123. The summed E-state index contributed by atoms with van der Waals surface area (Å²) in [6.07, 6.45) is 1.43. The predicted octanol–water partition coefficient (Wildman–Crippen LogP) is 2.33. The highest BCUT2D eigenvalue weighted by atomic mass is 16.5. The van der Waals surface area contributed by atoms with E-state index in [4.69, 9.17) is 4.74 Å². The normalized spacial score (nSPS) is 10.4. The molecule has 0 unspecified atom stereocenters. The second-order valence-corrected chi connectivity index (χ2v) is 4.75. The number of amides is 1. The molecule has 2 aromatic carbocycles. The van der Waals surface area contributed by atoms with Crippen molar-refractivity contribution >= 4 is 16.8 Å². The number of hydrogen-bond acceptors (Lipinski definition) is 4. The van der Waals surface area contributed by atoms with E-state index in [-0.39, 0.29) is 12.5 Å². The van der Waals surface area contributed by atoms with E-state index in [0.717, 1.165) is 16.5 Å². The van der Waals surface area contributed by atoms with Gasteiger partial charge in [0.05, 0.1) is 10.9 Å². The first-order chi connectivity index (χ1) is 10.8. The van der Waals surface area contributed by atoms with Gasteiger partial charge < -0.3 is 10.1 Å². The standard InChI is InChI=1S/C17H15N3O2/c21-16(18-10-13-6-2-1-3-7-13)11-22-17-14-8-4-5-9-15(14)19-12-20-17/h1-9,12H,10-11H2,(H,18,21). The molecule has 0 bridgehead atoms. The Balaban J connectivity index is 1.58. The quantitative estimate of drug-likeness (QED) is 0.784. The Bertz CT molecular complexity index is 770. The van der Waals surface area contributed by atoms with Crippen LogP contribution in [0.25, 0.3) is 10.9 Å². The zero-order chi connectivity index (χ0) is 15.2. The average Bonchev–Trinajstić information content (AvgIpc) is 2.59. The first-order valence-electron chi connectivity index (χ1n) is 6.96. The van der Waals surface area contributed by atoms with Crippen LogP contribution in [0.1, 0.15) is 5.56 Å². The number of nitrogens with one attached hydrogen (secondary N) is 1. The average molecular weight is 293 g/mol. The van der Waals surface area contributed by atoms with Crippen molar-refractivity contribution < 1.29 is 9.53 Å². The van der Waals surface area contributed by atoms with E-state index >= 15 is 0 Å². The molecule has 0 aliphatic heterocycles. The van der Waals surface area contributed by atoms with Crippen LogP contribution in [-0.2, 0) is 11.3 Å². The van der Waals surface area contributed by atoms with Gasteiger partial charge in [-0.15, -0.1) is 0 Å². The van der Waals surface area contributed by atoms with Gasteiger partial charge in [0, 0.05) is 6.54 Å². The predicted molar refractivity (Wildman–Crippen MR) is 83.3 cm³/mol. The van der Waals surface area contributed by atoms with Crippen molar-refractivity contribution in [2.45, 2.75) is 6.54 Å². The molecule has 0 aliphatic carbocycles. The molecule has 5 nitrogen and oxygen atoms in total. The van der Waals surface area contributed by atoms with Gasteiger partial charge in [0.1, 0.15) is 6.33 Å². The second kappa shape index (κ2) is 6.67. The summed E-state index contributed by atoms with van der Waals surface area (Å²) in [6, 6.07) is 17.2. The fourth-order valence-electron chi connectivity index (χ4n) is 2.08. The number of para-hydroxylation sites is 1. The molecule has 0 aliphatic rings. The maximum atomic E-state index is 11.8. The summed E-state index contributed by atoms with van der Waals surface area (Å²) in [5, 5.41) is 3.60. The van der Waals surface area contributed by atoms with Crippen LogP contribution in [0.2, 0.25) is 0 Å². The Morgan fingerprint density at radius 2 is 1.77 bits per heavy atom. The van der Waals surface area contributed by atoms with Crippen molar-refractivity contribution in [2.24, 2.45) is 0 Å². The Morgan fingerprint density at radius 3 is 2.64 bits per heavy atom. The SMILES string of the molecule is O=C(COc1ncnc2ccccc12)NCc1ccccc1. The van der Waals surface area contributed by atoms with Crippen molar-refractivity contribution in [1.82, 2.24) is 15.3 Å². The highest BCUT2D eigenvalue weighted by Crippen LogP contribution is 2.20. The zero-order valence-electron chi connectivity index (χ0n) is 11.9.